The van der Waals surface area contributed by atoms with Crippen LogP contribution < -0.4 is 11.5 Å². The molecule has 2 heterocycles. The van der Waals surface area contributed by atoms with E-state index in [1.165, 1.54) is 0 Å². The molecule has 0 amide bonds. The van der Waals surface area contributed by atoms with Gasteiger partial charge in [-0.25, -0.2) is 0 Å². The Hall–Kier alpha value is -1.24. The van der Waals surface area contributed by atoms with Crippen molar-refractivity contribution in [3.05, 3.63) is 11.6 Å². The van der Waals surface area contributed by atoms with E-state index in [0.29, 0.717) is 23.2 Å². The summed E-state index contributed by atoms with van der Waals surface area (Å²) in [6.45, 7) is 0. The van der Waals surface area contributed by atoms with Gasteiger partial charge in [0.2, 0.25) is 0 Å². The molecule has 6 N–H and O–H groups in total. The Bertz CT molecular complexity index is 387. The van der Waals surface area contributed by atoms with Crippen LogP contribution in [0.1, 0.15) is 23.7 Å². The van der Waals surface area contributed by atoms with Crippen LogP contribution in [0.5, 0.6) is 0 Å². The van der Waals surface area contributed by atoms with Crippen molar-refractivity contribution < 1.29 is 0 Å². The van der Waals surface area contributed by atoms with Crippen LogP contribution in [0.15, 0.2) is 0 Å². The van der Waals surface area contributed by atoms with Gasteiger partial charge in [-0.2, -0.15) is 10.4 Å². The molecule has 0 aliphatic heterocycles. The molecule has 18 heavy (non-hydrogen) atoms. The van der Waals surface area contributed by atoms with E-state index in [1.54, 1.807) is 21.6 Å². The standard InChI is InChI=1S/C6H12N10S2/c7-3(5-9-13-14-10-5)1-17-18-2-4(8)6-11-15-16-12-6/h3-4H,1-2,7-8H2,(H,9,10,13,14)(H,11,12,15,16)/t3-,4-/m0/s1. The van der Waals surface area contributed by atoms with Crippen molar-refractivity contribution in [3.8, 4) is 0 Å². The molecule has 0 bridgehead atoms. The third-order valence-corrected chi connectivity index (χ3v) is 4.44. The van der Waals surface area contributed by atoms with Crippen molar-refractivity contribution in [3.63, 3.8) is 0 Å². The summed E-state index contributed by atoms with van der Waals surface area (Å²) in [6, 6.07) is -0.495. The highest BCUT2D eigenvalue weighted by Gasteiger charge is 2.13. The molecule has 0 saturated heterocycles. The van der Waals surface area contributed by atoms with Gasteiger partial charge >= 0.3 is 0 Å². The van der Waals surface area contributed by atoms with E-state index in [4.69, 9.17) is 11.5 Å². The van der Waals surface area contributed by atoms with Crippen LogP contribution in [0.2, 0.25) is 0 Å². The molecular weight excluding hydrogens is 276 g/mol. The molecule has 2 rings (SSSR count). The third kappa shape index (κ3) is 3.63. The molecule has 0 saturated carbocycles. The Morgan fingerprint density at radius 2 is 1.33 bits per heavy atom. The lowest BCUT2D eigenvalue weighted by atomic mass is 10.3. The molecule has 0 fully saturated rings. The predicted octanol–water partition coefficient (Wildman–Crippen LogP) is -1.21. The largest absolute Gasteiger partial charge is 0.320 e. The van der Waals surface area contributed by atoms with Gasteiger partial charge in [0.15, 0.2) is 11.6 Å². The van der Waals surface area contributed by atoms with E-state index in [9.17, 15) is 0 Å². The maximum atomic E-state index is 5.86. The molecule has 2 aromatic rings. The fraction of sp³-hybridized carbons (Fsp3) is 0.667. The van der Waals surface area contributed by atoms with Gasteiger partial charge in [-0.15, -0.1) is 20.4 Å². The van der Waals surface area contributed by atoms with Crippen molar-refractivity contribution in [1.29, 1.82) is 0 Å². The lowest BCUT2D eigenvalue weighted by molar-refractivity contribution is 0.752. The number of aromatic amines is 2. The van der Waals surface area contributed by atoms with Crippen molar-refractivity contribution in [2.75, 3.05) is 11.5 Å². The van der Waals surface area contributed by atoms with Crippen LogP contribution in [0, 0.1) is 0 Å². The number of H-pyrrole nitrogens is 2. The highest BCUT2D eigenvalue weighted by molar-refractivity contribution is 8.76. The van der Waals surface area contributed by atoms with Crippen LogP contribution in [0.3, 0.4) is 0 Å². The third-order valence-electron chi connectivity index (χ3n) is 1.97. The zero-order chi connectivity index (χ0) is 12.8. The number of hydrogen-bond donors (Lipinski definition) is 4. The van der Waals surface area contributed by atoms with E-state index in [2.05, 4.69) is 41.2 Å². The lowest BCUT2D eigenvalue weighted by Gasteiger charge is -2.08. The van der Waals surface area contributed by atoms with Crippen LogP contribution in [0.4, 0.5) is 0 Å². The first kappa shape index (κ1) is 13.2. The molecule has 0 aliphatic rings. The number of hydrogen-bond acceptors (Lipinski definition) is 10. The molecule has 0 unspecified atom stereocenters. The summed E-state index contributed by atoms with van der Waals surface area (Å²) in [6.07, 6.45) is 0. The van der Waals surface area contributed by atoms with Gasteiger partial charge in [0.1, 0.15) is 0 Å². The second kappa shape index (κ2) is 6.63. The number of tetrazole rings is 2. The summed E-state index contributed by atoms with van der Waals surface area (Å²) in [4.78, 5) is 0. The topological polar surface area (TPSA) is 161 Å². The van der Waals surface area contributed by atoms with Crippen molar-refractivity contribution in [2.24, 2.45) is 11.5 Å². The summed E-state index contributed by atoms with van der Waals surface area (Å²) in [5, 5.41) is 26.9. The molecule has 98 valence electrons. The summed E-state index contributed by atoms with van der Waals surface area (Å²) >= 11 is 0. The minimum atomic E-state index is -0.248. The highest BCUT2D eigenvalue weighted by atomic mass is 33.1. The number of rotatable bonds is 7. The van der Waals surface area contributed by atoms with Crippen molar-refractivity contribution in [2.45, 2.75) is 12.1 Å². The number of nitrogens with one attached hydrogen (secondary N) is 2. The van der Waals surface area contributed by atoms with Crippen LogP contribution >= 0.6 is 21.6 Å². The lowest BCUT2D eigenvalue weighted by Crippen LogP contribution is -2.16. The fourth-order valence-corrected chi connectivity index (χ4v) is 3.29. The van der Waals surface area contributed by atoms with E-state index >= 15 is 0 Å². The monoisotopic (exact) mass is 288 g/mol. The molecule has 2 atom stereocenters. The predicted molar refractivity (Wildman–Crippen MR) is 67.1 cm³/mol. The zero-order valence-corrected chi connectivity index (χ0v) is 10.9. The molecule has 0 radical (unpaired) electrons. The second-order valence-electron chi connectivity index (χ2n) is 3.32. The quantitative estimate of drug-likeness (QED) is 0.359. The normalized spacial score (nSPS) is 14.6. The molecule has 0 aromatic carbocycles. The van der Waals surface area contributed by atoms with Gasteiger partial charge in [0.05, 0.1) is 12.1 Å². The van der Waals surface area contributed by atoms with Gasteiger partial charge in [0.25, 0.3) is 0 Å². The first-order valence-corrected chi connectivity index (χ1v) is 7.48. The number of nitrogens with two attached hydrogens (primary N) is 2. The second-order valence-corrected chi connectivity index (χ2v) is 5.87. The average Bonchev–Trinajstić information content (AvgIpc) is 3.05. The maximum Gasteiger partial charge on any atom is 0.192 e. The summed E-state index contributed by atoms with van der Waals surface area (Å²) < 4.78 is 0. The number of nitrogens with zero attached hydrogens (tertiary/aromatic N) is 6. The van der Waals surface area contributed by atoms with E-state index in [-0.39, 0.29) is 12.1 Å². The Morgan fingerprint density at radius 3 is 1.67 bits per heavy atom. The van der Waals surface area contributed by atoms with Gasteiger partial charge < -0.3 is 11.5 Å². The van der Waals surface area contributed by atoms with E-state index in [0.717, 1.165) is 0 Å². The molecule has 0 aliphatic carbocycles. The smallest absolute Gasteiger partial charge is 0.192 e. The highest BCUT2D eigenvalue weighted by Crippen LogP contribution is 2.27. The summed E-state index contributed by atoms with van der Waals surface area (Å²) in [5.41, 5.74) is 11.7. The Balaban J connectivity index is 1.64. The molecule has 0 spiro atoms. The average molecular weight is 288 g/mol. The minimum Gasteiger partial charge on any atom is -0.320 e. The van der Waals surface area contributed by atoms with Crippen molar-refractivity contribution in [1.82, 2.24) is 41.2 Å². The SMILES string of the molecule is N[C@@H](CSSC[C@H](N)c1nn[nH]n1)c1nn[nH]n1. The molecule has 2 aromatic heterocycles. The minimum absolute atomic E-state index is 0.248. The molecule has 12 heteroatoms. The van der Waals surface area contributed by atoms with E-state index < -0.39 is 0 Å². The van der Waals surface area contributed by atoms with Crippen molar-refractivity contribution >= 4 is 21.6 Å². The van der Waals surface area contributed by atoms with Crippen LogP contribution in [-0.4, -0.2) is 52.8 Å². The molecular formula is C6H12N10S2. The Kier molecular flexibility index (Phi) is 4.86. The van der Waals surface area contributed by atoms with E-state index in [1.807, 2.05) is 0 Å². The number of aromatic nitrogens is 8. The fourth-order valence-electron chi connectivity index (χ4n) is 1.05. The summed E-state index contributed by atoms with van der Waals surface area (Å²) in [5.74, 6) is 2.35. The van der Waals surface area contributed by atoms with Gasteiger partial charge in [0, 0.05) is 11.5 Å². The molecule has 10 nitrogen and oxygen atoms in total. The van der Waals surface area contributed by atoms with Crippen LogP contribution in [0.25, 0.3) is 0 Å². The van der Waals surface area contributed by atoms with Gasteiger partial charge in [-0.05, 0) is 0 Å². The van der Waals surface area contributed by atoms with Gasteiger partial charge in [-0.1, -0.05) is 32.0 Å². The zero-order valence-electron chi connectivity index (χ0n) is 9.22. The maximum absolute atomic E-state index is 5.86. The first-order chi connectivity index (χ1) is 8.77. The Morgan fingerprint density at radius 1 is 0.889 bits per heavy atom. The van der Waals surface area contributed by atoms with Crippen LogP contribution in [-0.2, 0) is 0 Å². The first-order valence-electron chi connectivity index (χ1n) is 4.99. The summed E-state index contributed by atoms with van der Waals surface area (Å²) in [7, 11) is 3.18. The Labute approximate surface area is 110 Å². The van der Waals surface area contributed by atoms with Gasteiger partial charge in [-0.3, -0.25) is 0 Å².